The van der Waals surface area contributed by atoms with Gasteiger partial charge in [-0.05, 0) is 29.8 Å². The van der Waals surface area contributed by atoms with Gasteiger partial charge in [0.15, 0.2) is 0 Å². The van der Waals surface area contributed by atoms with E-state index in [2.05, 4.69) is 16.7 Å². The lowest BCUT2D eigenvalue weighted by Crippen LogP contribution is -2.33. The van der Waals surface area contributed by atoms with Gasteiger partial charge in [-0.2, -0.15) is 5.26 Å². The maximum Gasteiger partial charge on any atom is 0.414 e. The van der Waals surface area contributed by atoms with Gasteiger partial charge in [0.1, 0.15) is 17.7 Å². The van der Waals surface area contributed by atoms with Crippen LogP contribution in [0.15, 0.2) is 36.4 Å². The first-order chi connectivity index (χ1) is 15.9. The Kier molecular flexibility index (Phi) is 5.05. The van der Waals surface area contributed by atoms with Crippen molar-refractivity contribution in [2.24, 2.45) is 11.8 Å². The van der Waals surface area contributed by atoms with Crippen LogP contribution in [0.5, 0.6) is 0 Å². The Morgan fingerprint density at radius 3 is 2.82 bits per heavy atom. The van der Waals surface area contributed by atoms with Crippen molar-refractivity contribution in [2.45, 2.75) is 18.4 Å². The van der Waals surface area contributed by atoms with E-state index in [4.69, 9.17) is 4.74 Å². The molecule has 5 rings (SSSR count). The minimum absolute atomic E-state index is 0.000370. The minimum Gasteiger partial charge on any atom is -0.442 e. The first-order valence-electron chi connectivity index (χ1n) is 10.8. The second kappa shape index (κ2) is 7.81. The van der Waals surface area contributed by atoms with E-state index in [-0.39, 0.29) is 36.4 Å². The standard InChI is InChI=1S/C24H22F2N4O3/c1-13(31)29-9-15-11-30(23(32)33-15)14-5-6-16(21(26)7-14)17-3-2-4-20(25)22(17)24-12-28-10-19(24)18(24)8-27/h2-7,15,18-19,28H,9-12H2,1H3,(H,29,31)/t15-,18?,19?,24?/m0/s1. The molecule has 3 unspecified atom stereocenters. The van der Waals surface area contributed by atoms with Crippen molar-refractivity contribution in [3.05, 3.63) is 53.6 Å². The number of ether oxygens (including phenoxy) is 1. The number of carbonyl (C=O) groups is 2. The molecule has 2 amide bonds. The fourth-order valence-electron chi connectivity index (χ4n) is 5.34. The molecule has 2 aromatic carbocycles. The Bertz CT molecular complexity index is 1200. The summed E-state index contributed by atoms with van der Waals surface area (Å²) in [5, 5.41) is 15.4. The Balaban J connectivity index is 1.46. The van der Waals surface area contributed by atoms with E-state index in [1.54, 1.807) is 12.1 Å². The first-order valence-corrected chi connectivity index (χ1v) is 10.8. The summed E-state index contributed by atoms with van der Waals surface area (Å²) >= 11 is 0. The summed E-state index contributed by atoms with van der Waals surface area (Å²) in [5.74, 6) is -1.60. The van der Waals surface area contributed by atoms with Crippen LogP contribution >= 0.6 is 0 Å². The number of nitrogens with one attached hydrogen (secondary N) is 2. The van der Waals surface area contributed by atoms with Crippen molar-refractivity contribution in [3.8, 4) is 17.2 Å². The monoisotopic (exact) mass is 452 g/mol. The van der Waals surface area contributed by atoms with Gasteiger partial charge in [0.25, 0.3) is 0 Å². The van der Waals surface area contributed by atoms with Crippen LogP contribution < -0.4 is 15.5 Å². The molecule has 2 saturated heterocycles. The van der Waals surface area contributed by atoms with Gasteiger partial charge in [-0.15, -0.1) is 0 Å². The molecule has 7 nitrogen and oxygen atoms in total. The SMILES string of the molecule is CC(=O)NC[C@H]1CN(c2ccc(-c3cccc(F)c3C34CNCC3C4C#N)c(F)c2)C(=O)O1. The molecule has 9 heteroatoms. The molecule has 2 aliphatic heterocycles. The highest BCUT2D eigenvalue weighted by Crippen LogP contribution is 2.63. The molecule has 0 radical (unpaired) electrons. The summed E-state index contributed by atoms with van der Waals surface area (Å²) in [7, 11) is 0. The van der Waals surface area contributed by atoms with Crippen molar-refractivity contribution in [3.63, 3.8) is 0 Å². The maximum absolute atomic E-state index is 15.3. The number of piperidine rings is 1. The van der Waals surface area contributed by atoms with Crippen molar-refractivity contribution in [2.75, 3.05) is 31.1 Å². The highest BCUT2D eigenvalue weighted by Gasteiger charge is 2.69. The quantitative estimate of drug-likeness (QED) is 0.728. The number of fused-ring (bicyclic) bond motifs is 1. The van der Waals surface area contributed by atoms with Gasteiger partial charge in [-0.25, -0.2) is 13.6 Å². The van der Waals surface area contributed by atoms with Gasteiger partial charge in [-0.1, -0.05) is 12.1 Å². The summed E-state index contributed by atoms with van der Waals surface area (Å²) in [6.45, 7) is 2.81. The lowest BCUT2D eigenvalue weighted by atomic mass is 9.85. The topological polar surface area (TPSA) is 94.5 Å². The van der Waals surface area contributed by atoms with Crippen molar-refractivity contribution in [1.82, 2.24) is 10.6 Å². The number of nitrogens with zero attached hydrogens (tertiary/aromatic N) is 2. The number of nitriles is 1. The van der Waals surface area contributed by atoms with E-state index in [9.17, 15) is 14.9 Å². The number of hydrogen-bond acceptors (Lipinski definition) is 5. The molecular formula is C24H22F2N4O3. The lowest BCUT2D eigenvalue weighted by Gasteiger charge is -2.20. The third kappa shape index (κ3) is 3.33. The van der Waals surface area contributed by atoms with E-state index in [1.807, 2.05) is 0 Å². The third-order valence-electron chi connectivity index (χ3n) is 6.92. The van der Waals surface area contributed by atoms with Gasteiger partial charge in [0.05, 0.1) is 30.8 Å². The predicted molar refractivity (Wildman–Crippen MR) is 115 cm³/mol. The summed E-state index contributed by atoms with van der Waals surface area (Å²) in [6.07, 6.45) is -1.17. The zero-order valence-corrected chi connectivity index (χ0v) is 17.9. The maximum atomic E-state index is 15.3. The summed E-state index contributed by atoms with van der Waals surface area (Å²) in [4.78, 5) is 24.7. The number of carbonyl (C=O) groups excluding carboxylic acids is 2. The third-order valence-corrected chi connectivity index (χ3v) is 6.92. The number of anilines is 1. The van der Waals surface area contributed by atoms with E-state index in [1.165, 1.54) is 36.1 Å². The zero-order chi connectivity index (χ0) is 23.3. The normalized spacial score (nSPS) is 27.6. The minimum atomic E-state index is -0.657. The zero-order valence-electron chi connectivity index (χ0n) is 17.9. The fraction of sp³-hybridized carbons (Fsp3) is 0.375. The molecule has 1 saturated carbocycles. The van der Waals surface area contributed by atoms with Crippen LogP contribution in [0, 0.1) is 34.8 Å². The smallest absolute Gasteiger partial charge is 0.414 e. The number of amides is 2. The molecular weight excluding hydrogens is 430 g/mol. The molecule has 3 aliphatic rings. The Labute approximate surface area is 189 Å². The number of hydrogen-bond donors (Lipinski definition) is 2. The van der Waals surface area contributed by atoms with Gasteiger partial charge >= 0.3 is 6.09 Å². The van der Waals surface area contributed by atoms with Gasteiger partial charge in [0.2, 0.25) is 5.91 Å². The first kappa shape index (κ1) is 21.3. The summed E-state index contributed by atoms with van der Waals surface area (Å²) < 4.78 is 35.7. The van der Waals surface area contributed by atoms with Crippen molar-refractivity contribution in [1.29, 1.82) is 5.26 Å². The van der Waals surface area contributed by atoms with Gasteiger partial charge in [0, 0.05) is 42.5 Å². The highest BCUT2D eigenvalue weighted by atomic mass is 19.1. The van der Waals surface area contributed by atoms with Crippen LogP contribution in [-0.2, 0) is 14.9 Å². The molecule has 4 atom stereocenters. The summed E-state index contributed by atoms with van der Waals surface area (Å²) in [6, 6.07) is 11.2. The molecule has 1 aliphatic carbocycles. The van der Waals surface area contributed by atoms with Crippen molar-refractivity contribution < 1.29 is 23.1 Å². The fourth-order valence-corrected chi connectivity index (χ4v) is 5.34. The average Bonchev–Trinajstić information content (AvgIpc) is 3.04. The summed E-state index contributed by atoms with van der Waals surface area (Å²) in [5.41, 5.74) is 0.645. The van der Waals surface area contributed by atoms with Gasteiger partial charge < -0.3 is 15.4 Å². The van der Waals surface area contributed by atoms with E-state index >= 15 is 8.78 Å². The predicted octanol–water partition coefficient (Wildman–Crippen LogP) is 2.70. The molecule has 3 fully saturated rings. The molecule has 0 aromatic heterocycles. The highest BCUT2D eigenvalue weighted by molar-refractivity contribution is 5.90. The Hall–Kier alpha value is -3.51. The van der Waals surface area contributed by atoms with E-state index < -0.39 is 29.2 Å². The number of rotatable bonds is 5. The second-order valence-corrected chi connectivity index (χ2v) is 8.76. The van der Waals surface area contributed by atoms with E-state index in [0.29, 0.717) is 29.9 Å². The molecule has 2 N–H and O–H groups in total. The second-order valence-electron chi connectivity index (χ2n) is 8.76. The average molecular weight is 452 g/mol. The van der Waals surface area contributed by atoms with E-state index in [0.717, 1.165) is 0 Å². The molecule has 33 heavy (non-hydrogen) atoms. The number of benzene rings is 2. The van der Waals surface area contributed by atoms with Crippen LogP contribution in [0.4, 0.5) is 19.3 Å². The van der Waals surface area contributed by atoms with Crippen LogP contribution in [0.25, 0.3) is 11.1 Å². The van der Waals surface area contributed by atoms with Crippen molar-refractivity contribution >= 4 is 17.7 Å². The molecule has 170 valence electrons. The Morgan fingerprint density at radius 1 is 1.30 bits per heavy atom. The van der Waals surface area contributed by atoms with Crippen LogP contribution in [0.1, 0.15) is 12.5 Å². The van der Waals surface area contributed by atoms with Crippen LogP contribution in [-0.4, -0.2) is 44.3 Å². The molecule has 2 aromatic rings. The van der Waals surface area contributed by atoms with Crippen LogP contribution in [0.2, 0.25) is 0 Å². The molecule has 0 spiro atoms. The largest absolute Gasteiger partial charge is 0.442 e. The lowest BCUT2D eigenvalue weighted by molar-refractivity contribution is -0.119. The number of halogens is 2. The molecule has 2 heterocycles. The van der Waals surface area contributed by atoms with Crippen LogP contribution in [0.3, 0.4) is 0 Å². The molecule has 0 bridgehead atoms. The number of cyclic esters (lactones) is 1. The van der Waals surface area contributed by atoms with Gasteiger partial charge in [-0.3, -0.25) is 9.69 Å². The Morgan fingerprint density at radius 2 is 2.12 bits per heavy atom.